The van der Waals surface area contributed by atoms with E-state index in [1.54, 1.807) is 0 Å². The number of fused-ring (bicyclic) bond motifs is 1. The van der Waals surface area contributed by atoms with E-state index in [2.05, 4.69) is 5.16 Å². The average Bonchev–Trinajstić information content (AvgIpc) is 2.82. The minimum atomic E-state index is -0.147. The highest BCUT2D eigenvalue weighted by molar-refractivity contribution is 6.30. The lowest BCUT2D eigenvalue weighted by molar-refractivity contribution is 0.0855. The van der Waals surface area contributed by atoms with Crippen LogP contribution in [-0.2, 0) is 11.3 Å². The van der Waals surface area contributed by atoms with E-state index in [4.69, 9.17) is 20.9 Å². The van der Waals surface area contributed by atoms with Gasteiger partial charge in [-0.3, -0.25) is 0 Å². The molecule has 1 aromatic carbocycles. The standard InChI is InChI=1S/C12H10ClNO2/c1-7-10-6-15-12(11(10)14-16-7)8-3-2-4-9(13)5-8/h2-5,12H,6H2,1H3. The number of nitrogens with zero attached hydrogens (tertiary/aromatic N) is 1. The van der Waals surface area contributed by atoms with Crippen LogP contribution in [0, 0.1) is 6.92 Å². The largest absolute Gasteiger partial charge is 0.362 e. The predicted octanol–water partition coefficient (Wildman–Crippen LogP) is 3.26. The highest BCUT2D eigenvalue weighted by Gasteiger charge is 2.30. The first kappa shape index (κ1) is 9.87. The van der Waals surface area contributed by atoms with Crippen LogP contribution in [0.1, 0.15) is 28.7 Å². The number of hydrogen-bond acceptors (Lipinski definition) is 3. The normalized spacial score (nSPS) is 18.8. The van der Waals surface area contributed by atoms with Crippen LogP contribution in [0.25, 0.3) is 0 Å². The van der Waals surface area contributed by atoms with Gasteiger partial charge in [0.05, 0.1) is 6.61 Å². The van der Waals surface area contributed by atoms with Crippen LogP contribution in [-0.4, -0.2) is 5.16 Å². The summed E-state index contributed by atoms with van der Waals surface area (Å²) in [6.45, 7) is 2.46. The summed E-state index contributed by atoms with van der Waals surface area (Å²) >= 11 is 5.96. The van der Waals surface area contributed by atoms with E-state index in [1.807, 2.05) is 31.2 Å². The van der Waals surface area contributed by atoms with Gasteiger partial charge in [0.1, 0.15) is 17.6 Å². The maximum Gasteiger partial charge on any atom is 0.139 e. The lowest BCUT2D eigenvalue weighted by atomic mass is 10.1. The molecular weight excluding hydrogens is 226 g/mol. The van der Waals surface area contributed by atoms with Crippen molar-refractivity contribution in [3.05, 3.63) is 51.9 Å². The van der Waals surface area contributed by atoms with Crippen LogP contribution >= 0.6 is 11.6 Å². The fourth-order valence-corrected chi connectivity index (χ4v) is 2.16. The highest BCUT2D eigenvalue weighted by Crippen LogP contribution is 2.36. The Morgan fingerprint density at radius 1 is 1.44 bits per heavy atom. The minimum Gasteiger partial charge on any atom is -0.362 e. The van der Waals surface area contributed by atoms with Crippen molar-refractivity contribution in [2.75, 3.05) is 0 Å². The molecule has 1 aliphatic heterocycles. The third kappa shape index (κ3) is 1.44. The lowest BCUT2D eigenvalue weighted by Crippen LogP contribution is -1.98. The summed E-state index contributed by atoms with van der Waals surface area (Å²) in [5, 5.41) is 4.74. The Labute approximate surface area is 98.0 Å². The van der Waals surface area contributed by atoms with Crippen molar-refractivity contribution in [3.63, 3.8) is 0 Å². The molecule has 1 aromatic heterocycles. The van der Waals surface area contributed by atoms with E-state index in [9.17, 15) is 0 Å². The van der Waals surface area contributed by atoms with E-state index in [0.717, 1.165) is 22.6 Å². The molecule has 0 saturated carbocycles. The monoisotopic (exact) mass is 235 g/mol. The maximum absolute atomic E-state index is 5.96. The molecule has 0 N–H and O–H groups in total. The van der Waals surface area contributed by atoms with E-state index >= 15 is 0 Å². The highest BCUT2D eigenvalue weighted by atomic mass is 35.5. The number of hydrogen-bond donors (Lipinski definition) is 0. The quantitative estimate of drug-likeness (QED) is 0.761. The van der Waals surface area contributed by atoms with Gasteiger partial charge in [0.2, 0.25) is 0 Å². The van der Waals surface area contributed by atoms with Gasteiger partial charge in [-0.2, -0.15) is 0 Å². The molecule has 2 heterocycles. The van der Waals surface area contributed by atoms with Gasteiger partial charge in [-0.05, 0) is 24.6 Å². The van der Waals surface area contributed by atoms with Crippen molar-refractivity contribution in [2.45, 2.75) is 19.6 Å². The SMILES string of the molecule is Cc1onc2c1COC2c1cccc(Cl)c1. The van der Waals surface area contributed by atoms with E-state index < -0.39 is 0 Å². The molecule has 1 unspecified atom stereocenters. The fourth-order valence-electron chi connectivity index (χ4n) is 1.96. The van der Waals surface area contributed by atoms with Gasteiger partial charge in [0.25, 0.3) is 0 Å². The zero-order valence-electron chi connectivity index (χ0n) is 8.74. The third-order valence-corrected chi connectivity index (χ3v) is 3.04. The molecular formula is C12H10ClNO2. The van der Waals surface area contributed by atoms with Crippen molar-refractivity contribution in [3.8, 4) is 0 Å². The summed E-state index contributed by atoms with van der Waals surface area (Å²) < 4.78 is 10.9. The van der Waals surface area contributed by atoms with Crippen molar-refractivity contribution < 1.29 is 9.26 Å². The Bertz CT molecular complexity index is 536. The molecule has 0 radical (unpaired) electrons. The molecule has 0 spiro atoms. The molecule has 82 valence electrons. The third-order valence-electron chi connectivity index (χ3n) is 2.81. The Morgan fingerprint density at radius 2 is 2.31 bits per heavy atom. The first-order valence-electron chi connectivity index (χ1n) is 5.08. The molecule has 0 saturated heterocycles. The molecule has 3 nitrogen and oxygen atoms in total. The number of aryl methyl sites for hydroxylation is 1. The van der Waals surface area contributed by atoms with Crippen molar-refractivity contribution in [2.24, 2.45) is 0 Å². The summed E-state index contributed by atoms with van der Waals surface area (Å²) in [6.07, 6.45) is -0.147. The second-order valence-corrected chi connectivity index (χ2v) is 4.29. The summed E-state index contributed by atoms with van der Waals surface area (Å²) in [5.74, 6) is 0.833. The number of ether oxygens (including phenoxy) is 1. The Kier molecular flexibility index (Phi) is 2.23. The van der Waals surface area contributed by atoms with Gasteiger partial charge in [-0.15, -0.1) is 0 Å². The van der Waals surface area contributed by atoms with Gasteiger partial charge in [0, 0.05) is 10.6 Å². The first-order chi connectivity index (χ1) is 7.75. The summed E-state index contributed by atoms with van der Waals surface area (Å²) in [6, 6.07) is 7.63. The summed E-state index contributed by atoms with van der Waals surface area (Å²) in [7, 11) is 0. The predicted molar refractivity (Wildman–Crippen MR) is 59.3 cm³/mol. The van der Waals surface area contributed by atoms with Gasteiger partial charge < -0.3 is 9.26 Å². The number of benzene rings is 1. The molecule has 1 aliphatic rings. The van der Waals surface area contributed by atoms with Crippen LogP contribution in [0.15, 0.2) is 28.8 Å². The van der Waals surface area contributed by atoms with Crippen LogP contribution in [0.2, 0.25) is 5.02 Å². The Hall–Kier alpha value is -1.32. The molecule has 1 atom stereocenters. The fraction of sp³-hybridized carbons (Fsp3) is 0.250. The van der Waals surface area contributed by atoms with Crippen molar-refractivity contribution in [1.29, 1.82) is 0 Å². The lowest BCUT2D eigenvalue weighted by Gasteiger charge is -2.09. The Balaban J connectivity index is 2.04. The molecule has 0 aliphatic carbocycles. The van der Waals surface area contributed by atoms with Gasteiger partial charge in [-0.25, -0.2) is 0 Å². The van der Waals surface area contributed by atoms with Crippen molar-refractivity contribution >= 4 is 11.6 Å². The van der Waals surface area contributed by atoms with Crippen LogP contribution in [0.3, 0.4) is 0 Å². The molecule has 16 heavy (non-hydrogen) atoms. The van der Waals surface area contributed by atoms with E-state index in [1.165, 1.54) is 0 Å². The van der Waals surface area contributed by atoms with Crippen molar-refractivity contribution in [1.82, 2.24) is 5.16 Å². The Morgan fingerprint density at radius 3 is 3.12 bits per heavy atom. The molecule has 0 fully saturated rings. The average molecular weight is 236 g/mol. The van der Waals surface area contributed by atoms with E-state index in [-0.39, 0.29) is 6.10 Å². The number of rotatable bonds is 1. The molecule has 4 heteroatoms. The molecule has 3 rings (SSSR count). The molecule has 0 bridgehead atoms. The van der Waals surface area contributed by atoms with Gasteiger partial charge in [-0.1, -0.05) is 28.9 Å². The van der Waals surface area contributed by atoms with Crippen LogP contribution in [0.4, 0.5) is 0 Å². The molecule has 2 aromatic rings. The maximum atomic E-state index is 5.96. The number of halogens is 1. The van der Waals surface area contributed by atoms with E-state index in [0.29, 0.717) is 11.6 Å². The van der Waals surface area contributed by atoms with Gasteiger partial charge >= 0.3 is 0 Å². The number of aromatic nitrogens is 1. The second kappa shape index (κ2) is 3.61. The smallest absolute Gasteiger partial charge is 0.139 e. The summed E-state index contributed by atoms with van der Waals surface area (Å²) in [5.41, 5.74) is 2.95. The first-order valence-corrected chi connectivity index (χ1v) is 5.45. The van der Waals surface area contributed by atoms with Crippen LogP contribution < -0.4 is 0 Å². The summed E-state index contributed by atoms with van der Waals surface area (Å²) in [4.78, 5) is 0. The minimum absolute atomic E-state index is 0.147. The topological polar surface area (TPSA) is 35.3 Å². The zero-order valence-corrected chi connectivity index (χ0v) is 9.49. The second-order valence-electron chi connectivity index (χ2n) is 3.85. The zero-order chi connectivity index (χ0) is 11.1. The molecule has 0 amide bonds. The van der Waals surface area contributed by atoms with Gasteiger partial charge in [0.15, 0.2) is 0 Å². The van der Waals surface area contributed by atoms with Crippen LogP contribution in [0.5, 0.6) is 0 Å².